The van der Waals surface area contributed by atoms with Gasteiger partial charge in [-0.1, -0.05) is 0 Å². The number of hydrogen-bond donors (Lipinski definition) is 2. The van der Waals surface area contributed by atoms with Crippen LogP contribution in [0.1, 0.15) is 16.8 Å². The van der Waals surface area contributed by atoms with Crippen LogP contribution in [0, 0.1) is 0 Å². The Balaban J connectivity index is 1.66. The minimum Gasteiger partial charge on any atom is -0.354 e. The number of likely N-dealkylation sites (N-methyl/N-ethyl adjacent to an activating group) is 1. The Labute approximate surface area is 125 Å². The average Bonchev–Trinajstić information content (AvgIpc) is 3.01. The molecule has 1 amide bonds. The maximum Gasteiger partial charge on any atom is 0.251 e. The first kappa shape index (κ1) is 14.3. The van der Waals surface area contributed by atoms with Crippen LogP contribution in [0.5, 0.6) is 0 Å². The van der Waals surface area contributed by atoms with Gasteiger partial charge in [-0.25, -0.2) is 4.98 Å². The number of anilines is 1. The van der Waals surface area contributed by atoms with E-state index in [0.29, 0.717) is 5.56 Å². The predicted octanol–water partition coefficient (Wildman–Crippen LogP) is -0.0749. The monoisotopic (exact) mass is 289 g/mol. The zero-order valence-corrected chi connectivity index (χ0v) is 12.5. The zero-order valence-electron chi connectivity index (χ0n) is 12.5. The summed E-state index contributed by atoms with van der Waals surface area (Å²) in [4.78, 5) is 21.3. The number of carbonyl (C=O) groups is 1. The van der Waals surface area contributed by atoms with Gasteiger partial charge in [0, 0.05) is 50.5 Å². The highest BCUT2D eigenvalue weighted by Crippen LogP contribution is 2.15. The normalized spacial score (nSPS) is 23.3. The maximum atomic E-state index is 12.3. The largest absolute Gasteiger partial charge is 0.354 e. The van der Waals surface area contributed by atoms with Crippen molar-refractivity contribution in [1.82, 2.24) is 20.5 Å². The van der Waals surface area contributed by atoms with E-state index in [1.54, 1.807) is 12.3 Å². The van der Waals surface area contributed by atoms with Crippen LogP contribution in [-0.4, -0.2) is 68.1 Å². The molecular formula is C15H23N5O. The standard InChI is InChI=1S/C15H23N5O/c1-19-6-8-20(9-7-19)14-10-12(2-5-17-14)15(21)18-13-3-4-16-11-13/h2,5,10,13,16H,3-4,6-9,11H2,1H3,(H,18,21). The Bertz CT molecular complexity index is 493. The summed E-state index contributed by atoms with van der Waals surface area (Å²) < 4.78 is 0. The van der Waals surface area contributed by atoms with E-state index in [9.17, 15) is 4.79 Å². The second-order valence-corrected chi connectivity index (χ2v) is 5.86. The first-order valence-electron chi connectivity index (χ1n) is 7.63. The van der Waals surface area contributed by atoms with Crippen LogP contribution < -0.4 is 15.5 Å². The topological polar surface area (TPSA) is 60.5 Å². The Hall–Kier alpha value is -1.66. The fourth-order valence-corrected chi connectivity index (χ4v) is 2.81. The lowest BCUT2D eigenvalue weighted by Gasteiger charge is -2.33. The number of hydrogen-bond acceptors (Lipinski definition) is 5. The lowest BCUT2D eigenvalue weighted by atomic mass is 10.2. The molecule has 2 fully saturated rings. The van der Waals surface area contributed by atoms with Gasteiger partial charge in [0.25, 0.3) is 5.91 Å². The second-order valence-electron chi connectivity index (χ2n) is 5.86. The minimum absolute atomic E-state index is 0.00137. The van der Waals surface area contributed by atoms with Crippen molar-refractivity contribution in [1.29, 1.82) is 0 Å². The summed E-state index contributed by atoms with van der Waals surface area (Å²) in [7, 11) is 2.13. The molecule has 2 aliphatic rings. The molecule has 0 radical (unpaired) electrons. The SMILES string of the molecule is CN1CCN(c2cc(C(=O)NC3CCNC3)ccn2)CC1. The van der Waals surface area contributed by atoms with Crippen molar-refractivity contribution < 1.29 is 4.79 Å². The number of amides is 1. The minimum atomic E-state index is 0.00137. The highest BCUT2D eigenvalue weighted by Gasteiger charge is 2.19. The van der Waals surface area contributed by atoms with E-state index < -0.39 is 0 Å². The van der Waals surface area contributed by atoms with Gasteiger partial charge in [-0.15, -0.1) is 0 Å². The Morgan fingerprint density at radius 1 is 1.38 bits per heavy atom. The van der Waals surface area contributed by atoms with Crippen molar-refractivity contribution in [3.63, 3.8) is 0 Å². The summed E-state index contributed by atoms with van der Waals surface area (Å²) >= 11 is 0. The van der Waals surface area contributed by atoms with Gasteiger partial charge in [0.1, 0.15) is 5.82 Å². The molecule has 0 bridgehead atoms. The first-order valence-corrected chi connectivity index (χ1v) is 7.63. The Morgan fingerprint density at radius 2 is 2.19 bits per heavy atom. The van der Waals surface area contributed by atoms with Crippen LogP contribution >= 0.6 is 0 Å². The molecule has 6 heteroatoms. The molecule has 2 saturated heterocycles. The van der Waals surface area contributed by atoms with E-state index in [-0.39, 0.29) is 11.9 Å². The summed E-state index contributed by atoms with van der Waals surface area (Å²) in [6.45, 7) is 5.83. The molecule has 114 valence electrons. The van der Waals surface area contributed by atoms with Crippen molar-refractivity contribution in [2.24, 2.45) is 0 Å². The molecule has 2 aliphatic heterocycles. The number of nitrogens with one attached hydrogen (secondary N) is 2. The third-order valence-corrected chi connectivity index (χ3v) is 4.23. The van der Waals surface area contributed by atoms with E-state index in [0.717, 1.165) is 51.5 Å². The quantitative estimate of drug-likeness (QED) is 0.815. The highest BCUT2D eigenvalue weighted by molar-refractivity contribution is 5.95. The van der Waals surface area contributed by atoms with Gasteiger partial charge in [0.2, 0.25) is 0 Å². The van der Waals surface area contributed by atoms with Crippen molar-refractivity contribution >= 4 is 11.7 Å². The number of rotatable bonds is 3. The molecule has 0 aromatic carbocycles. The number of carbonyl (C=O) groups excluding carboxylic acids is 1. The van der Waals surface area contributed by atoms with E-state index in [2.05, 4.69) is 32.5 Å². The molecular weight excluding hydrogens is 266 g/mol. The second kappa shape index (κ2) is 6.41. The molecule has 6 nitrogen and oxygen atoms in total. The van der Waals surface area contributed by atoms with Crippen molar-refractivity contribution in [3.05, 3.63) is 23.9 Å². The van der Waals surface area contributed by atoms with Gasteiger partial charge in [0.15, 0.2) is 0 Å². The molecule has 1 unspecified atom stereocenters. The average molecular weight is 289 g/mol. The summed E-state index contributed by atoms with van der Waals surface area (Å²) in [5.41, 5.74) is 0.700. The molecule has 1 atom stereocenters. The van der Waals surface area contributed by atoms with Crippen LogP contribution in [0.4, 0.5) is 5.82 Å². The van der Waals surface area contributed by atoms with Crippen molar-refractivity contribution in [3.8, 4) is 0 Å². The third kappa shape index (κ3) is 3.51. The number of pyridine rings is 1. The lowest BCUT2D eigenvalue weighted by molar-refractivity contribution is 0.0940. The first-order chi connectivity index (χ1) is 10.2. The van der Waals surface area contributed by atoms with Gasteiger partial charge in [-0.3, -0.25) is 4.79 Å². The van der Waals surface area contributed by atoms with Crippen LogP contribution in [0.3, 0.4) is 0 Å². The summed E-state index contributed by atoms with van der Waals surface area (Å²) in [5.74, 6) is 0.904. The lowest BCUT2D eigenvalue weighted by Crippen LogP contribution is -2.45. The molecule has 1 aromatic heterocycles. The van der Waals surface area contributed by atoms with Gasteiger partial charge < -0.3 is 20.4 Å². The number of aromatic nitrogens is 1. The molecule has 2 N–H and O–H groups in total. The molecule has 0 aliphatic carbocycles. The summed E-state index contributed by atoms with van der Waals surface area (Å²) in [6.07, 6.45) is 2.73. The third-order valence-electron chi connectivity index (χ3n) is 4.23. The van der Waals surface area contributed by atoms with Gasteiger partial charge in [0.05, 0.1) is 0 Å². The highest BCUT2D eigenvalue weighted by atomic mass is 16.1. The van der Waals surface area contributed by atoms with Crippen LogP contribution in [0.2, 0.25) is 0 Å². The van der Waals surface area contributed by atoms with E-state index in [4.69, 9.17) is 0 Å². The number of piperazine rings is 1. The molecule has 21 heavy (non-hydrogen) atoms. The maximum absolute atomic E-state index is 12.3. The summed E-state index contributed by atoms with van der Waals surface area (Å²) in [6, 6.07) is 3.94. The smallest absolute Gasteiger partial charge is 0.251 e. The molecule has 3 heterocycles. The van der Waals surface area contributed by atoms with Crippen LogP contribution in [-0.2, 0) is 0 Å². The Morgan fingerprint density at radius 3 is 2.90 bits per heavy atom. The Kier molecular flexibility index (Phi) is 4.36. The molecule has 3 rings (SSSR count). The molecule has 0 saturated carbocycles. The number of nitrogens with zero attached hydrogens (tertiary/aromatic N) is 3. The molecule has 1 aromatic rings. The van der Waals surface area contributed by atoms with E-state index in [1.807, 2.05) is 6.07 Å². The van der Waals surface area contributed by atoms with Gasteiger partial charge in [-0.2, -0.15) is 0 Å². The van der Waals surface area contributed by atoms with Crippen molar-refractivity contribution in [2.75, 3.05) is 51.2 Å². The summed E-state index contributed by atoms with van der Waals surface area (Å²) in [5, 5.41) is 6.33. The van der Waals surface area contributed by atoms with Gasteiger partial charge in [-0.05, 0) is 32.1 Å². The van der Waals surface area contributed by atoms with Crippen LogP contribution in [0.15, 0.2) is 18.3 Å². The van der Waals surface area contributed by atoms with Crippen molar-refractivity contribution in [2.45, 2.75) is 12.5 Å². The van der Waals surface area contributed by atoms with Gasteiger partial charge >= 0.3 is 0 Å². The van der Waals surface area contributed by atoms with E-state index >= 15 is 0 Å². The van der Waals surface area contributed by atoms with E-state index in [1.165, 1.54) is 0 Å². The fourth-order valence-electron chi connectivity index (χ4n) is 2.81. The fraction of sp³-hybridized carbons (Fsp3) is 0.600. The zero-order chi connectivity index (χ0) is 14.7. The predicted molar refractivity (Wildman–Crippen MR) is 82.7 cm³/mol. The van der Waals surface area contributed by atoms with Crippen LogP contribution in [0.25, 0.3) is 0 Å². The molecule has 0 spiro atoms.